The highest BCUT2D eigenvalue weighted by Gasteiger charge is 2.01. The molecule has 0 unspecified atom stereocenters. The maximum Gasteiger partial charge on any atom is 0.224 e. The fourth-order valence-corrected chi connectivity index (χ4v) is 1.02. The van der Waals surface area contributed by atoms with E-state index in [0.29, 0.717) is 5.89 Å². The third kappa shape index (κ3) is 1.45. The molecule has 0 N–H and O–H groups in total. The number of thiol groups is 1. The SMILES string of the molecule is Cc1nc([SH](C)C)no1. The van der Waals surface area contributed by atoms with Crippen LogP contribution in [0.15, 0.2) is 9.68 Å². The highest BCUT2D eigenvalue weighted by Crippen LogP contribution is 2.23. The van der Waals surface area contributed by atoms with E-state index in [-0.39, 0.29) is 10.9 Å². The van der Waals surface area contributed by atoms with Crippen LogP contribution in [0.25, 0.3) is 0 Å². The van der Waals surface area contributed by atoms with Gasteiger partial charge in [0.25, 0.3) is 0 Å². The van der Waals surface area contributed by atoms with Crippen LogP contribution in [0.5, 0.6) is 0 Å². The van der Waals surface area contributed by atoms with Crippen molar-refractivity contribution in [3.63, 3.8) is 0 Å². The van der Waals surface area contributed by atoms with Gasteiger partial charge in [0.2, 0.25) is 11.0 Å². The number of nitrogens with zero attached hydrogens (tertiary/aromatic N) is 2. The zero-order chi connectivity index (χ0) is 6.85. The Bertz CT molecular complexity index is 197. The Balaban J connectivity index is 2.85. The first kappa shape index (κ1) is 6.61. The van der Waals surface area contributed by atoms with Crippen LogP contribution >= 0.6 is 10.9 Å². The lowest BCUT2D eigenvalue weighted by atomic mass is 10.8. The van der Waals surface area contributed by atoms with E-state index < -0.39 is 0 Å². The first-order valence-corrected chi connectivity index (χ1v) is 4.91. The van der Waals surface area contributed by atoms with Gasteiger partial charge >= 0.3 is 0 Å². The lowest BCUT2D eigenvalue weighted by Crippen LogP contribution is -1.79. The van der Waals surface area contributed by atoms with Crippen molar-refractivity contribution < 1.29 is 4.52 Å². The second kappa shape index (κ2) is 2.39. The molecule has 1 aromatic rings. The molecule has 0 atom stereocenters. The monoisotopic (exact) mass is 146 g/mol. The van der Waals surface area contributed by atoms with Gasteiger partial charge in [0.15, 0.2) is 0 Å². The summed E-state index contributed by atoms with van der Waals surface area (Å²) in [6.45, 7) is 1.80. The van der Waals surface area contributed by atoms with Gasteiger partial charge in [0.1, 0.15) is 0 Å². The summed E-state index contributed by atoms with van der Waals surface area (Å²) in [5.41, 5.74) is 0. The maximum absolute atomic E-state index is 4.78. The fraction of sp³-hybridized carbons (Fsp3) is 0.600. The van der Waals surface area contributed by atoms with Gasteiger partial charge in [0.05, 0.1) is 0 Å². The molecule has 1 heterocycles. The summed E-state index contributed by atoms with van der Waals surface area (Å²) in [7, 11) is -0.191. The second-order valence-corrected chi connectivity index (χ2v) is 4.20. The van der Waals surface area contributed by atoms with Crippen molar-refractivity contribution in [1.29, 1.82) is 0 Å². The Morgan fingerprint density at radius 1 is 1.44 bits per heavy atom. The molecule has 0 aliphatic heterocycles. The van der Waals surface area contributed by atoms with Crippen LogP contribution in [0, 0.1) is 6.92 Å². The first-order chi connectivity index (χ1) is 4.20. The molecule has 1 rings (SSSR count). The summed E-state index contributed by atoms with van der Waals surface area (Å²) in [5.74, 6) is 0.654. The molecule has 0 saturated heterocycles. The molecule has 0 fully saturated rings. The standard InChI is InChI=1S/C5H10N2OS/c1-4-6-5(7-8-4)9(2)3/h9H,1-3H3. The van der Waals surface area contributed by atoms with E-state index in [1.54, 1.807) is 6.92 Å². The topological polar surface area (TPSA) is 38.9 Å². The Labute approximate surface area is 56.8 Å². The molecule has 0 aliphatic carbocycles. The van der Waals surface area contributed by atoms with E-state index in [1.165, 1.54) is 0 Å². The van der Waals surface area contributed by atoms with Gasteiger partial charge in [0, 0.05) is 6.92 Å². The highest BCUT2D eigenvalue weighted by atomic mass is 32.2. The van der Waals surface area contributed by atoms with E-state index >= 15 is 0 Å². The zero-order valence-electron chi connectivity index (χ0n) is 5.75. The minimum Gasteiger partial charge on any atom is -0.339 e. The molecule has 0 bridgehead atoms. The smallest absolute Gasteiger partial charge is 0.224 e. The van der Waals surface area contributed by atoms with Crippen molar-refractivity contribution in [2.45, 2.75) is 12.1 Å². The molecule has 0 aliphatic rings. The van der Waals surface area contributed by atoms with Crippen molar-refractivity contribution in [1.82, 2.24) is 10.1 Å². The van der Waals surface area contributed by atoms with Crippen LogP contribution in [0.3, 0.4) is 0 Å². The molecule has 0 amide bonds. The molecule has 0 spiro atoms. The lowest BCUT2D eigenvalue weighted by molar-refractivity contribution is 0.381. The van der Waals surface area contributed by atoms with Gasteiger partial charge in [-0.05, 0) is 12.5 Å². The van der Waals surface area contributed by atoms with Gasteiger partial charge in [-0.2, -0.15) is 15.9 Å². The molecule has 1 aromatic heterocycles. The normalized spacial score (nSPS) is 11.7. The van der Waals surface area contributed by atoms with Gasteiger partial charge < -0.3 is 4.52 Å². The van der Waals surface area contributed by atoms with Gasteiger partial charge in [-0.15, -0.1) is 0 Å². The summed E-state index contributed by atoms with van der Waals surface area (Å²) in [5, 5.41) is 4.61. The van der Waals surface area contributed by atoms with E-state index in [0.717, 1.165) is 5.16 Å². The molecule has 0 saturated carbocycles. The predicted octanol–water partition coefficient (Wildman–Crippen LogP) is 0.998. The van der Waals surface area contributed by atoms with Crippen LogP contribution < -0.4 is 0 Å². The zero-order valence-corrected chi connectivity index (χ0v) is 6.64. The molecular weight excluding hydrogens is 136 g/mol. The Kier molecular flexibility index (Phi) is 1.75. The number of aryl methyl sites for hydroxylation is 1. The molecule has 9 heavy (non-hydrogen) atoms. The summed E-state index contributed by atoms with van der Waals surface area (Å²) in [6.07, 6.45) is 4.19. The summed E-state index contributed by atoms with van der Waals surface area (Å²) >= 11 is 0. The molecule has 52 valence electrons. The van der Waals surface area contributed by atoms with Crippen molar-refractivity contribution in [2.24, 2.45) is 0 Å². The maximum atomic E-state index is 4.78. The number of rotatable bonds is 1. The fourth-order valence-electron chi connectivity index (χ4n) is 0.470. The number of hydrogen-bond acceptors (Lipinski definition) is 3. The van der Waals surface area contributed by atoms with Crippen molar-refractivity contribution in [3.8, 4) is 0 Å². The van der Waals surface area contributed by atoms with Crippen LogP contribution in [-0.2, 0) is 0 Å². The largest absolute Gasteiger partial charge is 0.339 e. The number of hydrogen-bond donors (Lipinski definition) is 1. The van der Waals surface area contributed by atoms with Crippen LogP contribution in [0.2, 0.25) is 0 Å². The van der Waals surface area contributed by atoms with Crippen molar-refractivity contribution in [2.75, 3.05) is 12.5 Å². The van der Waals surface area contributed by atoms with Crippen LogP contribution in [0.1, 0.15) is 5.89 Å². The quantitative estimate of drug-likeness (QED) is 0.601. The predicted molar refractivity (Wildman–Crippen MR) is 38.1 cm³/mol. The van der Waals surface area contributed by atoms with Crippen molar-refractivity contribution in [3.05, 3.63) is 5.89 Å². The molecule has 0 radical (unpaired) electrons. The van der Waals surface area contributed by atoms with Gasteiger partial charge in [-0.1, -0.05) is 5.16 Å². The summed E-state index contributed by atoms with van der Waals surface area (Å²) < 4.78 is 4.78. The molecule has 0 aromatic carbocycles. The Morgan fingerprint density at radius 3 is 2.33 bits per heavy atom. The van der Waals surface area contributed by atoms with E-state index in [9.17, 15) is 0 Å². The average molecular weight is 146 g/mol. The van der Waals surface area contributed by atoms with Crippen molar-refractivity contribution >= 4 is 10.9 Å². The third-order valence-corrected chi connectivity index (χ3v) is 1.90. The Morgan fingerprint density at radius 2 is 2.11 bits per heavy atom. The van der Waals surface area contributed by atoms with E-state index in [4.69, 9.17) is 4.52 Å². The van der Waals surface area contributed by atoms with Gasteiger partial charge in [-0.3, -0.25) is 0 Å². The van der Waals surface area contributed by atoms with Crippen LogP contribution in [-0.4, -0.2) is 22.7 Å². The van der Waals surface area contributed by atoms with E-state index in [1.807, 2.05) is 0 Å². The van der Waals surface area contributed by atoms with Gasteiger partial charge in [-0.25, -0.2) is 0 Å². The number of aromatic nitrogens is 2. The summed E-state index contributed by atoms with van der Waals surface area (Å²) in [4.78, 5) is 4.06. The molecular formula is C5H10N2OS. The lowest BCUT2D eigenvalue weighted by Gasteiger charge is -1.97. The molecule has 3 nitrogen and oxygen atoms in total. The average Bonchev–Trinajstić information content (AvgIpc) is 2.14. The third-order valence-electron chi connectivity index (χ3n) is 0.917. The summed E-state index contributed by atoms with van der Waals surface area (Å²) in [6, 6.07) is 0. The highest BCUT2D eigenvalue weighted by molar-refractivity contribution is 8.15. The minimum absolute atomic E-state index is 0.191. The Hall–Kier alpha value is -0.510. The van der Waals surface area contributed by atoms with E-state index in [2.05, 4.69) is 22.7 Å². The second-order valence-electron chi connectivity index (χ2n) is 2.01. The minimum atomic E-state index is -0.191. The van der Waals surface area contributed by atoms with Crippen LogP contribution in [0.4, 0.5) is 0 Å². The first-order valence-electron chi connectivity index (χ1n) is 2.68. The molecule has 4 heteroatoms.